The van der Waals surface area contributed by atoms with E-state index in [0.717, 1.165) is 50.5 Å². The molecule has 2 aromatic heterocycles. The lowest BCUT2D eigenvalue weighted by molar-refractivity contribution is 0.415. The summed E-state index contributed by atoms with van der Waals surface area (Å²) in [5.74, 6) is 1.93. The van der Waals surface area contributed by atoms with Crippen molar-refractivity contribution in [2.45, 2.75) is 0 Å². The average Bonchev–Trinajstić information content (AvgIpc) is 3.43. The fourth-order valence-electron chi connectivity index (χ4n) is 3.70. The highest BCUT2D eigenvalue weighted by Gasteiger charge is 2.18. The largest absolute Gasteiger partial charge is 0.497 e. The van der Waals surface area contributed by atoms with E-state index in [4.69, 9.17) is 14.5 Å². The number of hydrogen-bond donors (Lipinski definition) is 2. The third kappa shape index (κ3) is 3.81. The van der Waals surface area contributed by atoms with Crippen LogP contribution in [0, 0.1) is 5.82 Å². The van der Waals surface area contributed by atoms with Crippen molar-refractivity contribution in [1.29, 1.82) is 0 Å². The number of nitrogens with zero attached hydrogens (tertiary/aromatic N) is 1. The summed E-state index contributed by atoms with van der Waals surface area (Å²) in [7, 11) is 3.29. The molecule has 0 bridgehead atoms. The van der Waals surface area contributed by atoms with Crippen molar-refractivity contribution >= 4 is 23.3 Å². The molecule has 3 aromatic carbocycles. The second kappa shape index (κ2) is 8.77. The Hall–Kier alpha value is -3.77. The monoisotopic (exact) mass is 449 g/mol. The van der Waals surface area contributed by atoms with Crippen molar-refractivity contribution in [2.75, 3.05) is 14.2 Å². The van der Waals surface area contributed by atoms with Gasteiger partial charge < -0.3 is 19.4 Å². The minimum absolute atomic E-state index is 0. The molecule has 0 spiro atoms. The van der Waals surface area contributed by atoms with Crippen molar-refractivity contribution in [3.8, 4) is 45.4 Å². The number of benzene rings is 3. The van der Waals surface area contributed by atoms with Gasteiger partial charge in [-0.1, -0.05) is 0 Å². The van der Waals surface area contributed by atoms with Gasteiger partial charge >= 0.3 is 0 Å². The first kappa shape index (κ1) is 21.5. The van der Waals surface area contributed by atoms with E-state index in [2.05, 4.69) is 9.97 Å². The van der Waals surface area contributed by atoms with Crippen molar-refractivity contribution in [3.63, 3.8) is 0 Å². The number of methoxy groups -OCH3 is 2. The summed E-state index contributed by atoms with van der Waals surface area (Å²) in [5, 5.41) is 1.02. The number of hydrogen-bond acceptors (Lipinski definition) is 3. The highest BCUT2D eigenvalue weighted by atomic mass is 35.5. The van der Waals surface area contributed by atoms with E-state index < -0.39 is 0 Å². The molecule has 0 aliphatic heterocycles. The molecule has 0 unspecified atom stereocenters. The van der Waals surface area contributed by atoms with E-state index in [0.29, 0.717) is 5.82 Å². The normalized spacial score (nSPS) is 10.7. The van der Waals surface area contributed by atoms with E-state index in [9.17, 15) is 4.39 Å². The Morgan fingerprint density at radius 1 is 0.812 bits per heavy atom. The molecule has 2 heterocycles. The average molecular weight is 450 g/mol. The zero-order chi connectivity index (χ0) is 21.4. The van der Waals surface area contributed by atoms with Crippen LogP contribution in [0.3, 0.4) is 0 Å². The number of aromatic nitrogens is 3. The van der Waals surface area contributed by atoms with Gasteiger partial charge in [-0.2, -0.15) is 0 Å². The summed E-state index contributed by atoms with van der Waals surface area (Å²) in [6.07, 6.45) is 1.96. The summed E-state index contributed by atoms with van der Waals surface area (Å²) < 4.78 is 24.1. The van der Waals surface area contributed by atoms with Crippen LogP contribution in [0.1, 0.15) is 0 Å². The van der Waals surface area contributed by atoms with Crippen molar-refractivity contribution < 1.29 is 13.9 Å². The summed E-state index contributed by atoms with van der Waals surface area (Å²) in [6.45, 7) is 0. The Kier molecular flexibility index (Phi) is 5.88. The van der Waals surface area contributed by atoms with E-state index in [1.807, 2.05) is 48.7 Å². The van der Waals surface area contributed by atoms with Crippen LogP contribution in [0.5, 0.6) is 11.5 Å². The van der Waals surface area contributed by atoms with Crippen molar-refractivity contribution in [1.82, 2.24) is 15.0 Å². The lowest BCUT2D eigenvalue weighted by Crippen LogP contribution is -1.86. The topological polar surface area (TPSA) is 62.9 Å². The maximum Gasteiger partial charge on any atom is 0.138 e. The Morgan fingerprint density at radius 3 is 2.16 bits per heavy atom. The molecule has 162 valence electrons. The first-order valence-electron chi connectivity index (χ1n) is 9.82. The smallest absolute Gasteiger partial charge is 0.138 e. The quantitative estimate of drug-likeness (QED) is 0.323. The van der Waals surface area contributed by atoms with Crippen LogP contribution in [0.4, 0.5) is 4.39 Å². The number of H-pyrrole nitrogens is 2. The molecule has 0 aliphatic carbocycles. The zero-order valence-electron chi connectivity index (χ0n) is 17.5. The summed E-state index contributed by atoms with van der Waals surface area (Å²) in [5.41, 5.74) is 5.38. The number of ether oxygens (including phenoxy) is 2. The number of fused-ring (bicyclic) bond motifs is 1. The van der Waals surface area contributed by atoms with Gasteiger partial charge in [0, 0.05) is 33.8 Å². The SMILES string of the molecule is COc1ccc(-c2nc(-c3ccc(F)cc3)[nH]c2-c2c[nH]c3ccc(OC)cc23)cc1.Cl. The number of rotatable bonds is 5. The Morgan fingerprint density at radius 2 is 1.47 bits per heavy atom. The fourth-order valence-corrected chi connectivity index (χ4v) is 3.70. The molecule has 0 radical (unpaired) electrons. The van der Waals surface area contributed by atoms with Crippen LogP contribution < -0.4 is 9.47 Å². The van der Waals surface area contributed by atoms with Crippen molar-refractivity contribution in [3.05, 3.63) is 78.7 Å². The molecule has 0 atom stereocenters. The first-order valence-corrected chi connectivity index (χ1v) is 9.82. The minimum atomic E-state index is -0.283. The molecule has 2 N–H and O–H groups in total. The molecule has 5 aromatic rings. The van der Waals surface area contributed by atoms with E-state index in [1.165, 1.54) is 12.1 Å². The molecule has 0 amide bonds. The van der Waals surface area contributed by atoms with E-state index in [-0.39, 0.29) is 18.2 Å². The maximum atomic E-state index is 13.4. The van der Waals surface area contributed by atoms with E-state index in [1.54, 1.807) is 26.4 Å². The predicted molar refractivity (Wildman–Crippen MR) is 127 cm³/mol. The second-order valence-electron chi connectivity index (χ2n) is 7.16. The molecule has 0 fully saturated rings. The molecule has 0 saturated heterocycles. The van der Waals surface area contributed by atoms with Crippen LogP contribution in [0.25, 0.3) is 44.8 Å². The van der Waals surface area contributed by atoms with Crippen LogP contribution in [0.15, 0.2) is 72.9 Å². The highest BCUT2D eigenvalue weighted by molar-refractivity contribution is 5.99. The van der Waals surface area contributed by atoms with Gasteiger partial charge in [0.25, 0.3) is 0 Å². The summed E-state index contributed by atoms with van der Waals surface area (Å²) >= 11 is 0. The molecule has 5 rings (SSSR count). The number of imidazole rings is 1. The van der Waals surface area contributed by atoms with Gasteiger partial charge in [-0.25, -0.2) is 9.37 Å². The highest BCUT2D eigenvalue weighted by Crippen LogP contribution is 2.38. The zero-order valence-corrected chi connectivity index (χ0v) is 18.3. The fraction of sp³-hybridized carbons (Fsp3) is 0.0800. The van der Waals surface area contributed by atoms with Gasteiger partial charge in [0.2, 0.25) is 0 Å². The van der Waals surface area contributed by atoms with E-state index >= 15 is 0 Å². The van der Waals surface area contributed by atoms with Crippen LogP contribution >= 0.6 is 12.4 Å². The predicted octanol–water partition coefficient (Wildman–Crippen LogP) is 6.47. The minimum Gasteiger partial charge on any atom is -0.497 e. The molecular weight excluding hydrogens is 429 g/mol. The van der Waals surface area contributed by atoms with Crippen LogP contribution in [-0.4, -0.2) is 29.2 Å². The number of aromatic amines is 2. The van der Waals surface area contributed by atoms with Gasteiger partial charge in [-0.3, -0.25) is 0 Å². The third-order valence-corrected chi connectivity index (χ3v) is 5.34. The standard InChI is InChI=1S/C25H20FN3O2.ClH/c1-30-18-9-5-15(6-10-18)23-24(29-25(28-23)16-3-7-17(26)8-4-16)21-14-27-22-12-11-19(31-2)13-20(21)22;/h3-14,27H,1-2H3,(H,28,29);1H. The summed E-state index contributed by atoms with van der Waals surface area (Å²) in [4.78, 5) is 11.6. The third-order valence-electron chi connectivity index (χ3n) is 5.34. The molecule has 0 saturated carbocycles. The van der Waals surface area contributed by atoms with Gasteiger partial charge in [-0.15, -0.1) is 12.4 Å². The molecule has 0 aliphatic rings. The number of halogens is 2. The molecule has 5 nitrogen and oxygen atoms in total. The van der Waals surface area contributed by atoms with Gasteiger partial charge in [-0.05, 0) is 66.7 Å². The van der Waals surface area contributed by atoms with Crippen LogP contribution in [-0.2, 0) is 0 Å². The lowest BCUT2D eigenvalue weighted by atomic mass is 10.0. The molecular formula is C25H21ClFN3O2. The molecule has 7 heteroatoms. The van der Waals surface area contributed by atoms with Crippen molar-refractivity contribution in [2.24, 2.45) is 0 Å². The first-order chi connectivity index (χ1) is 15.2. The Bertz CT molecular complexity index is 1360. The van der Waals surface area contributed by atoms with Gasteiger partial charge in [0.05, 0.1) is 25.6 Å². The Labute approximate surface area is 190 Å². The Balaban J connectivity index is 0.00000245. The maximum absolute atomic E-state index is 13.4. The van der Waals surface area contributed by atoms with Gasteiger partial charge in [0.1, 0.15) is 23.1 Å². The number of nitrogens with one attached hydrogen (secondary N) is 2. The summed E-state index contributed by atoms with van der Waals surface area (Å²) in [6, 6.07) is 20.0. The van der Waals surface area contributed by atoms with Gasteiger partial charge in [0.15, 0.2) is 0 Å². The lowest BCUT2D eigenvalue weighted by Gasteiger charge is -2.05. The van der Waals surface area contributed by atoms with Crippen LogP contribution in [0.2, 0.25) is 0 Å². The second-order valence-corrected chi connectivity index (χ2v) is 7.16. The molecule has 32 heavy (non-hydrogen) atoms.